The Hall–Kier alpha value is -2.84. The van der Waals surface area contributed by atoms with Crippen LogP contribution in [-0.2, 0) is 4.79 Å². The fraction of sp³-hybridized carbons (Fsp3) is 0.182. The predicted octanol–water partition coefficient (Wildman–Crippen LogP) is 5.64. The van der Waals surface area contributed by atoms with Crippen molar-refractivity contribution in [3.05, 3.63) is 57.9 Å². The van der Waals surface area contributed by atoms with E-state index in [1.54, 1.807) is 20.3 Å². The van der Waals surface area contributed by atoms with Gasteiger partial charge < -0.3 is 14.2 Å². The highest BCUT2D eigenvalue weighted by Crippen LogP contribution is 2.33. The number of amides is 1. The van der Waals surface area contributed by atoms with Crippen LogP contribution in [0.25, 0.3) is 17.3 Å². The molecule has 0 radical (unpaired) electrons. The lowest BCUT2D eigenvalue weighted by Gasteiger charge is -2.08. The highest BCUT2D eigenvalue weighted by Gasteiger charge is 2.10. The van der Waals surface area contributed by atoms with E-state index in [2.05, 4.69) is 26.2 Å². The van der Waals surface area contributed by atoms with Crippen molar-refractivity contribution in [3.63, 3.8) is 0 Å². The van der Waals surface area contributed by atoms with Gasteiger partial charge in [0.25, 0.3) is 0 Å². The summed E-state index contributed by atoms with van der Waals surface area (Å²) in [6.45, 7) is 2.47. The molecule has 0 aliphatic rings. The highest BCUT2D eigenvalue weighted by atomic mass is 79.9. The van der Waals surface area contributed by atoms with Gasteiger partial charge in [-0.3, -0.25) is 10.1 Å². The Morgan fingerprint density at radius 1 is 1.13 bits per heavy atom. The number of hydrogen-bond acceptors (Lipinski definition) is 6. The molecule has 0 aliphatic carbocycles. The minimum Gasteiger partial charge on any atom is -0.493 e. The molecule has 6 nitrogen and oxygen atoms in total. The van der Waals surface area contributed by atoms with Gasteiger partial charge in [-0.15, -0.1) is 11.3 Å². The first-order chi connectivity index (χ1) is 14.5. The second-order valence-corrected chi connectivity index (χ2v) is 7.82. The maximum Gasteiger partial charge on any atom is 0.250 e. The second-order valence-electron chi connectivity index (χ2n) is 6.05. The van der Waals surface area contributed by atoms with Crippen molar-refractivity contribution in [1.82, 2.24) is 4.98 Å². The monoisotopic (exact) mass is 488 g/mol. The van der Waals surface area contributed by atoms with Gasteiger partial charge in [0.1, 0.15) is 5.75 Å². The predicted molar refractivity (Wildman–Crippen MR) is 124 cm³/mol. The van der Waals surface area contributed by atoms with Crippen molar-refractivity contribution in [2.75, 3.05) is 26.1 Å². The van der Waals surface area contributed by atoms with Crippen LogP contribution < -0.4 is 19.5 Å². The Morgan fingerprint density at radius 3 is 2.63 bits per heavy atom. The van der Waals surface area contributed by atoms with Crippen LogP contribution in [0.5, 0.6) is 17.2 Å². The molecule has 0 spiro atoms. The average molecular weight is 489 g/mol. The van der Waals surface area contributed by atoms with Crippen molar-refractivity contribution < 1.29 is 19.0 Å². The first-order valence-electron chi connectivity index (χ1n) is 9.13. The molecule has 1 aromatic heterocycles. The van der Waals surface area contributed by atoms with E-state index in [1.807, 2.05) is 48.7 Å². The third-order valence-electron chi connectivity index (χ3n) is 4.10. The third-order valence-corrected chi connectivity index (χ3v) is 5.35. The Bertz CT molecular complexity index is 1070. The average Bonchev–Trinajstić information content (AvgIpc) is 3.21. The Morgan fingerprint density at radius 2 is 1.90 bits per heavy atom. The normalized spacial score (nSPS) is 10.8. The summed E-state index contributed by atoms with van der Waals surface area (Å²) in [4.78, 5) is 16.8. The molecule has 0 saturated heterocycles. The number of ether oxygens (including phenoxy) is 3. The van der Waals surface area contributed by atoms with Crippen LogP contribution in [0.4, 0.5) is 5.13 Å². The number of nitrogens with one attached hydrogen (secondary N) is 1. The Labute approximate surface area is 187 Å². The molecule has 0 saturated carbocycles. The summed E-state index contributed by atoms with van der Waals surface area (Å²) in [6.07, 6.45) is 3.18. The SMILES string of the molecule is CCOc1ccc(Br)cc1/C=C/C(=O)Nc1nc(-c2ccc(OC)c(OC)c2)cs1. The molecule has 3 rings (SSSR count). The van der Waals surface area contributed by atoms with Crippen molar-refractivity contribution in [2.24, 2.45) is 0 Å². The van der Waals surface area contributed by atoms with E-state index in [0.29, 0.717) is 23.2 Å². The zero-order chi connectivity index (χ0) is 21.5. The molecule has 1 amide bonds. The largest absolute Gasteiger partial charge is 0.493 e. The molecule has 0 aliphatic heterocycles. The summed E-state index contributed by atoms with van der Waals surface area (Å²) in [5.74, 6) is 1.71. The van der Waals surface area contributed by atoms with Gasteiger partial charge in [0.2, 0.25) is 5.91 Å². The van der Waals surface area contributed by atoms with Gasteiger partial charge in [0, 0.05) is 27.1 Å². The topological polar surface area (TPSA) is 69.7 Å². The minimum atomic E-state index is -0.273. The van der Waals surface area contributed by atoms with Gasteiger partial charge >= 0.3 is 0 Å². The molecule has 0 fully saturated rings. The quantitative estimate of drug-likeness (QED) is 0.415. The van der Waals surface area contributed by atoms with Crippen LogP contribution in [-0.4, -0.2) is 31.7 Å². The Balaban J connectivity index is 1.71. The molecule has 0 atom stereocenters. The standard InChI is InChI=1S/C22H21BrN2O4S/c1-4-29-18-9-7-16(23)11-15(18)6-10-21(26)25-22-24-17(13-30-22)14-5-8-19(27-2)20(12-14)28-3/h5-13H,4H2,1-3H3,(H,24,25,26)/b10-6+. The van der Waals surface area contributed by atoms with Gasteiger partial charge in [-0.2, -0.15) is 0 Å². The maximum atomic E-state index is 12.3. The first-order valence-corrected chi connectivity index (χ1v) is 10.8. The number of carbonyl (C=O) groups excluding carboxylic acids is 1. The molecular formula is C22H21BrN2O4S. The number of nitrogens with zero attached hydrogens (tertiary/aromatic N) is 1. The number of anilines is 1. The van der Waals surface area contributed by atoms with Gasteiger partial charge in [-0.25, -0.2) is 4.98 Å². The van der Waals surface area contributed by atoms with Crippen LogP contribution >= 0.6 is 27.3 Å². The fourth-order valence-corrected chi connectivity index (χ4v) is 3.81. The number of aromatic nitrogens is 1. The molecule has 3 aromatic rings. The van der Waals surface area contributed by atoms with Crippen molar-refractivity contribution in [1.29, 1.82) is 0 Å². The van der Waals surface area contributed by atoms with Gasteiger partial charge in [-0.05, 0) is 49.4 Å². The molecule has 0 unspecified atom stereocenters. The number of benzene rings is 2. The summed E-state index contributed by atoms with van der Waals surface area (Å²) in [5, 5.41) is 5.18. The van der Waals surface area contributed by atoms with E-state index >= 15 is 0 Å². The van der Waals surface area contributed by atoms with Gasteiger partial charge in [0.15, 0.2) is 16.6 Å². The molecule has 1 heterocycles. The first kappa shape index (κ1) is 21.9. The molecule has 8 heteroatoms. The summed E-state index contributed by atoms with van der Waals surface area (Å²) in [7, 11) is 3.18. The molecule has 156 valence electrons. The second kappa shape index (κ2) is 10.3. The summed E-state index contributed by atoms with van der Waals surface area (Å²) >= 11 is 4.79. The lowest BCUT2D eigenvalue weighted by molar-refractivity contribution is -0.111. The van der Waals surface area contributed by atoms with Crippen LogP contribution in [0.1, 0.15) is 12.5 Å². The fourth-order valence-electron chi connectivity index (χ4n) is 2.71. The van der Waals surface area contributed by atoms with Crippen molar-refractivity contribution in [3.8, 4) is 28.5 Å². The molecule has 30 heavy (non-hydrogen) atoms. The smallest absolute Gasteiger partial charge is 0.250 e. The van der Waals surface area contributed by atoms with E-state index in [9.17, 15) is 4.79 Å². The zero-order valence-corrected chi connectivity index (χ0v) is 19.2. The van der Waals surface area contributed by atoms with Gasteiger partial charge in [-0.1, -0.05) is 15.9 Å². The number of methoxy groups -OCH3 is 2. The minimum absolute atomic E-state index is 0.273. The van der Waals surface area contributed by atoms with E-state index in [4.69, 9.17) is 14.2 Å². The molecule has 1 N–H and O–H groups in total. The van der Waals surface area contributed by atoms with E-state index in [1.165, 1.54) is 17.4 Å². The van der Waals surface area contributed by atoms with Crippen LogP contribution in [0.3, 0.4) is 0 Å². The zero-order valence-electron chi connectivity index (χ0n) is 16.8. The summed E-state index contributed by atoms with van der Waals surface area (Å²) in [6, 6.07) is 11.2. The number of halogens is 1. The van der Waals surface area contributed by atoms with Crippen molar-refractivity contribution in [2.45, 2.75) is 6.92 Å². The number of rotatable bonds is 8. The van der Waals surface area contributed by atoms with Crippen LogP contribution in [0.2, 0.25) is 0 Å². The number of thiazole rings is 1. The molecular weight excluding hydrogens is 468 g/mol. The summed E-state index contributed by atoms with van der Waals surface area (Å²) in [5.41, 5.74) is 2.42. The van der Waals surface area contributed by atoms with Crippen LogP contribution in [0.15, 0.2) is 52.3 Å². The maximum absolute atomic E-state index is 12.3. The Kier molecular flexibility index (Phi) is 7.48. The van der Waals surface area contributed by atoms with Crippen LogP contribution in [0, 0.1) is 0 Å². The highest BCUT2D eigenvalue weighted by molar-refractivity contribution is 9.10. The van der Waals surface area contributed by atoms with E-state index < -0.39 is 0 Å². The molecule has 0 bridgehead atoms. The van der Waals surface area contributed by atoms with Gasteiger partial charge in [0.05, 0.1) is 26.5 Å². The number of hydrogen-bond donors (Lipinski definition) is 1. The van der Waals surface area contributed by atoms with E-state index in [0.717, 1.165) is 27.0 Å². The van der Waals surface area contributed by atoms with E-state index in [-0.39, 0.29) is 5.91 Å². The lowest BCUT2D eigenvalue weighted by Crippen LogP contribution is -2.07. The third kappa shape index (κ3) is 5.40. The van der Waals surface area contributed by atoms with Crippen molar-refractivity contribution >= 4 is 44.4 Å². The summed E-state index contributed by atoms with van der Waals surface area (Å²) < 4.78 is 17.1. The number of carbonyl (C=O) groups is 1. The lowest BCUT2D eigenvalue weighted by atomic mass is 10.1. The molecule has 2 aromatic carbocycles.